The van der Waals surface area contributed by atoms with Crippen LogP contribution in [0.25, 0.3) is 0 Å². The Labute approximate surface area is 98.8 Å². The van der Waals surface area contributed by atoms with Gasteiger partial charge >= 0.3 is 6.03 Å². The number of para-hydroxylation sites is 1. The number of nitrogens with one attached hydrogen (secondary N) is 2. The second-order valence-electron chi connectivity index (χ2n) is 4.35. The van der Waals surface area contributed by atoms with Gasteiger partial charge in [0.1, 0.15) is 0 Å². The van der Waals surface area contributed by atoms with Gasteiger partial charge in [0.2, 0.25) is 5.91 Å². The van der Waals surface area contributed by atoms with Gasteiger partial charge in [0.15, 0.2) is 0 Å². The van der Waals surface area contributed by atoms with E-state index in [2.05, 4.69) is 10.6 Å². The fraction of sp³-hybridized carbons (Fsp3) is 0.333. The summed E-state index contributed by atoms with van der Waals surface area (Å²) in [5, 5.41) is 5.88. The van der Waals surface area contributed by atoms with E-state index in [1.54, 1.807) is 12.1 Å². The lowest BCUT2D eigenvalue weighted by atomic mass is 10.0. The predicted octanol–water partition coefficient (Wildman–Crippen LogP) is 0.791. The molecule has 88 valence electrons. The fourth-order valence-electron chi connectivity index (χ4n) is 2.31. The summed E-state index contributed by atoms with van der Waals surface area (Å²) in [6.07, 6.45) is 0.423. The van der Waals surface area contributed by atoms with Gasteiger partial charge in [-0.25, -0.2) is 4.79 Å². The van der Waals surface area contributed by atoms with E-state index in [0.717, 1.165) is 0 Å². The molecule has 0 aliphatic carbocycles. The summed E-state index contributed by atoms with van der Waals surface area (Å²) < 4.78 is 0. The number of rotatable bonds is 1. The monoisotopic (exact) mass is 231 g/mol. The molecule has 2 heterocycles. The Bertz CT molecular complexity index is 460. The molecule has 1 aromatic carbocycles. The van der Waals surface area contributed by atoms with E-state index in [-0.39, 0.29) is 24.0 Å². The minimum absolute atomic E-state index is 0.0335. The van der Waals surface area contributed by atoms with Crippen molar-refractivity contribution >= 4 is 17.6 Å². The van der Waals surface area contributed by atoms with E-state index in [1.165, 1.54) is 4.90 Å². The minimum Gasteiger partial charge on any atom is -0.309 e. The van der Waals surface area contributed by atoms with Gasteiger partial charge in [-0.05, 0) is 12.1 Å². The van der Waals surface area contributed by atoms with Gasteiger partial charge in [0.25, 0.3) is 0 Å². The van der Waals surface area contributed by atoms with E-state index in [9.17, 15) is 9.59 Å². The van der Waals surface area contributed by atoms with Crippen molar-refractivity contribution < 1.29 is 9.59 Å². The quantitative estimate of drug-likeness (QED) is 0.751. The molecule has 0 radical (unpaired) electrons. The number of amides is 3. The van der Waals surface area contributed by atoms with Crippen molar-refractivity contribution in [3.05, 3.63) is 30.3 Å². The fourth-order valence-corrected chi connectivity index (χ4v) is 2.31. The average molecular weight is 231 g/mol. The van der Waals surface area contributed by atoms with Crippen LogP contribution in [0.1, 0.15) is 6.42 Å². The van der Waals surface area contributed by atoms with E-state index >= 15 is 0 Å². The molecule has 2 aliphatic heterocycles. The summed E-state index contributed by atoms with van der Waals surface area (Å²) in [5.74, 6) is -0.0987. The zero-order chi connectivity index (χ0) is 11.8. The maximum atomic E-state index is 12.0. The van der Waals surface area contributed by atoms with E-state index in [4.69, 9.17) is 0 Å². The van der Waals surface area contributed by atoms with E-state index in [1.807, 2.05) is 18.2 Å². The van der Waals surface area contributed by atoms with Crippen LogP contribution in [0.4, 0.5) is 10.5 Å². The van der Waals surface area contributed by atoms with Crippen molar-refractivity contribution in [3.8, 4) is 0 Å². The first-order valence-electron chi connectivity index (χ1n) is 5.67. The van der Waals surface area contributed by atoms with E-state index in [0.29, 0.717) is 18.7 Å². The Balaban J connectivity index is 1.72. The number of imide groups is 1. The number of anilines is 1. The molecule has 2 aliphatic rings. The van der Waals surface area contributed by atoms with Crippen LogP contribution in [0, 0.1) is 0 Å². The maximum absolute atomic E-state index is 12.0. The van der Waals surface area contributed by atoms with Crippen molar-refractivity contribution in [1.29, 1.82) is 0 Å². The van der Waals surface area contributed by atoms with E-state index < -0.39 is 0 Å². The lowest BCUT2D eigenvalue weighted by Crippen LogP contribution is -2.61. The summed E-state index contributed by atoms with van der Waals surface area (Å²) in [7, 11) is 0. The molecule has 17 heavy (non-hydrogen) atoms. The zero-order valence-electron chi connectivity index (χ0n) is 9.22. The summed E-state index contributed by atoms with van der Waals surface area (Å²) in [5.41, 5.74) is 0.709. The maximum Gasteiger partial charge on any atom is 0.328 e. The molecule has 1 aromatic rings. The number of hydrogen-bond donors (Lipinski definition) is 2. The van der Waals surface area contributed by atoms with Crippen LogP contribution in [0.15, 0.2) is 30.3 Å². The lowest BCUT2D eigenvalue weighted by molar-refractivity contribution is -0.125. The van der Waals surface area contributed by atoms with Crippen LogP contribution in [0.2, 0.25) is 0 Å². The van der Waals surface area contributed by atoms with Gasteiger partial charge < -0.3 is 10.6 Å². The highest BCUT2D eigenvalue weighted by atomic mass is 16.2. The number of benzene rings is 1. The Kier molecular flexibility index (Phi) is 2.33. The van der Waals surface area contributed by atoms with Crippen LogP contribution in [-0.4, -0.2) is 35.5 Å². The summed E-state index contributed by atoms with van der Waals surface area (Å²) in [6, 6.07) is 9.03. The molecule has 0 unspecified atom stereocenters. The van der Waals surface area contributed by atoms with Crippen LogP contribution in [0.3, 0.4) is 0 Å². The highest BCUT2D eigenvalue weighted by Gasteiger charge is 2.48. The molecular weight excluding hydrogens is 218 g/mol. The summed E-state index contributed by atoms with van der Waals surface area (Å²) >= 11 is 0. The Morgan fingerprint density at radius 1 is 1.35 bits per heavy atom. The van der Waals surface area contributed by atoms with Crippen molar-refractivity contribution in [2.24, 2.45) is 0 Å². The smallest absolute Gasteiger partial charge is 0.309 e. The number of fused-ring (bicyclic) bond motifs is 1. The summed E-state index contributed by atoms with van der Waals surface area (Å²) in [4.78, 5) is 25.0. The van der Waals surface area contributed by atoms with Gasteiger partial charge in [-0.1, -0.05) is 18.2 Å². The molecule has 2 atom stereocenters. The van der Waals surface area contributed by atoms with Gasteiger partial charge in [-0.3, -0.25) is 9.69 Å². The first kappa shape index (κ1) is 10.3. The van der Waals surface area contributed by atoms with Gasteiger partial charge in [-0.15, -0.1) is 0 Å². The molecule has 0 saturated carbocycles. The van der Waals surface area contributed by atoms with Gasteiger partial charge in [0, 0.05) is 24.7 Å². The molecule has 2 saturated heterocycles. The average Bonchev–Trinajstić information content (AvgIpc) is 2.53. The Morgan fingerprint density at radius 3 is 2.71 bits per heavy atom. The SMILES string of the molecule is O=C1C[C@H]2NC[C@@H]2N1C(=O)Nc1ccccc1. The van der Waals surface area contributed by atoms with Crippen LogP contribution in [-0.2, 0) is 4.79 Å². The highest BCUT2D eigenvalue weighted by Crippen LogP contribution is 2.25. The minimum atomic E-state index is -0.324. The molecule has 2 N–H and O–H groups in total. The van der Waals surface area contributed by atoms with Crippen molar-refractivity contribution in [2.45, 2.75) is 18.5 Å². The van der Waals surface area contributed by atoms with Gasteiger partial charge in [-0.2, -0.15) is 0 Å². The number of likely N-dealkylation sites (tertiary alicyclic amines) is 1. The number of hydrogen-bond acceptors (Lipinski definition) is 3. The lowest BCUT2D eigenvalue weighted by Gasteiger charge is -2.35. The Hall–Kier alpha value is -1.88. The largest absolute Gasteiger partial charge is 0.328 e. The Morgan fingerprint density at radius 2 is 2.12 bits per heavy atom. The molecule has 5 heteroatoms. The van der Waals surface area contributed by atoms with Crippen molar-refractivity contribution in [3.63, 3.8) is 0 Å². The normalized spacial score (nSPS) is 26.4. The number of carbonyl (C=O) groups excluding carboxylic acids is 2. The molecule has 3 amide bonds. The van der Waals surface area contributed by atoms with Crippen molar-refractivity contribution in [2.75, 3.05) is 11.9 Å². The van der Waals surface area contributed by atoms with Crippen LogP contribution in [0.5, 0.6) is 0 Å². The zero-order valence-corrected chi connectivity index (χ0v) is 9.22. The third-order valence-electron chi connectivity index (χ3n) is 3.29. The molecule has 3 rings (SSSR count). The predicted molar refractivity (Wildman–Crippen MR) is 62.5 cm³/mol. The number of carbonyl (C=O) groups is 2. The molecule has 5 nitrogen and oxygen atoms in total. The number of urea groups is 1. The standard InChI is InChI=1S/C12H13N3O2/c16-11-6-9-10(7-13-9)15(11)12(17)14-8-4-2-1-3-5-8/h1-5,9-10,13H,6-7H2,(H,14,17)/t9-,10+/m1/s1. The topological polar surface area (TPSA) is 61.4 Å². The highest BCUT2D eigenvalue weighted by molar-refractivity contribution is 6.03. The van der Waals surface area contributed by atoms with Gasteiger partial charge in [0.05, 0.1) is 6.04 Å². The molecule has 0 bridgehead atoms. The van der Waals surface area contributed by atoms with Crippen LogP contribution >= 0.6 is 0 Å². The number of nitrogens with zero attached hydrogens (tertiary/aromatic N) is 1. The molecular formula is C12H13N3O2. The second kappa shape index (κ2) is 3.85. The third-order valence-corrected chi connectivity index (χ3v) is 3.29. The summed E-state index contributed by atoms with van der Waals surface area (Å²) in [6.45, 7) is 0.707. The second-order valence-corrected chi connectivity index (χ2v) is 4.35. The molecule has 0 spiro atoms. The first-order valence-corrected chi connectivity index (χ1v) is 5.67. The molecule has 0 aromatic heterocycles. The van der Waals surface area contributed by atoms with Crippen molar-refractivity contribution in [1.82, 2.24) is 10.2 Å². The molecule has 2 fully saturated rings. The van der Waals surface area contributed by atoms with Crippen LogP contribution < -0.4 is 10.6 Å². The first-order chi connectivity index (χ1) is 8.25. The third kappa shape index (κ3) is 1.68.